The van der Waals surface area contributed by atoms with Gasteiger partial charge >= 0.3 is 5.97 Å². The summed E-state index contributed by atoms with van der Waals surface area (Å²) < 4.78 is 5.30. The van der Waals surface area contributed by atoms with Crippen molar-refractivity contribution < 1.29 is 19.1 Å². The molecule has 0 spiro atoms. The van der Waals surface area contributed by atoms with Crippen LogP contribution in [-0.2, 0) is 9.53 Å². The van der Waals surface area contributed by atoms with E-state index in [0.717, 1.165) is 10.9 Å². The highest BCUT2D eigenvalue weighted by Gasteiger charge is 2.22. The fourth-order valence-electron chi connectivity index (χ4n) is 2.67. The minimum atomic E-state index is -0.920. The Kier molecular flexibility index (Phi) is 4.84. The van der Waals surface area contributed by atoms with Crippen molar-refractivity contribution in [2.45, 2.75) is 20.0 Å². The molecule has 0 unspecified atom stereocenters. The van der Waals surface area contributed by atoms with Gasteiger partial charge in [0, 0.05) is 35.3 Å². The van der Waals surface area contributed by atoms with Gasteiger partial charge in [0.2, 0.25) is 11.7 Å². The quantitative estimate of drug-likeness (QED) is 0.544. The number of amides is 1. The molecule has 0 aliphatic rings. The molecule has 26 heavy (non-hydrogen) atoms. The number of ether oxygens (including phenoxy) is 1. The van der Waals surface area contributed by atoms with Crippen LogP contribution >= 0.6 is 0 Å². The van der Waals surface area contributed by atoms with E-state index in [9.17, 15) is 14.4 Å². The van der Waals surface area contributed by atoms with E-state index in [4.69, 9.17) is 4.74 Å². The Balaban J connectivity index is 1.70. The van der Waals surface area contributed by atoms with E-state index >= 15 is 0 Å². The van der Waals surface area contributed by atoms with Crippen molar-refractivity contribution >= 4 is 34.3 Å². The summed E-state index contributed by atoms with van der Waals surface area (Å²) in [6.07, 6.45) is 0.705. The molecule has 6 nitrogen and oxygen atoms in total. The number of hydrogen-bond donors (Lipinski definition) is 2. The summed E-state index contributed by atoms with van der Waals surface area (Å²) >= 11 is 0. The minimum absolute atomic E-state index is 0.196. The van der Waals surface area contributed by atoms with E-state index in [1.165, 1.54) is 19.1 Å². The third-order valence-corrected chi connectivity index (χ3v) is 3.95. The zero-order valence-electron chi connectivity index (χ0n) is 14.4. The third-order valence-electron chi connectivity index (χ3n) is 3.95. The first-order valence-corrected chi connectivity index (χ1v) is 8.14. The number of para-hydroxylation sites is 1. The van der Waals surface area contributed by atoms with Gasteiger partial charge < -0.3 is 15.0 Å². The maximum absolute atomic E-state index is 12.6. The predicted molar refractivity (Wildman–Crippen MR) is 98.3 cm³/mol. The number of Topliss-reactive ketones (excluding diaryl/α,β-unsaturated/α-hetero) is 1. The molecule has 0 fully saturated rings. The fourth-order valence-corrected chi connectivity index (χ4v) is 2.67. The smallest absolute Gasteiger partial charge is 0.338 e. The van der Waals surface area contributed by atoms with Gasteiger partial charge in [0.05, 0.1) is 5.56 Å². The number of hydrogen-bond acceptors (Lipinski definition) is 4. The SMILES string of the molecule is CC(=O)Nc1ccc(C(=O)O[C@@H](C)C(=O)c2c[nH]c3ccccc23)cc1. The van der Waals surface area contributed by atoms with Gasteiger partial charge in [-0.3, -0.25) is 9.59 Å². The molecule has 1 atom stereocenters. The number of fused-ring (bicyclic) bond motifs is 1. The van der Waals surface area contributed by atoms with Crippen LogP contribution in [0.5, 0.6) is 0 Å². The van der Waals surface area contributed by atoms with Crippen LogP contribution in [0.15, 0.2) is 54.7 Å². The fraction of sp³-hybridized carbons (Fsp3) is 0.150. The van der Waals surface area contributed by atoms with Crippen LogP contribution in [0.25, 0.3) is 10.9 Å². The van der Waals surface area contributed by atoms with E-state index in [1.54, 1.807) is 25.3 Å². The summed E-state index contributed by atoms with van der Waals surface area (Å²) in [5.74, 6) is -1.07. The second-order valence-corrected chi connectivity index (χ2v) is 5.92. The van der Waals surface area contributed by atoms with E-state index in [2.05, 4.69) is 10.3 Å². The molecule has 0 radical (unpaired) electrons. The van der Waals surface area contributed by atoms with Crippen molar-refractivity contribution in [1.82, 2.24) is 4.98 Å². The number of ketones is 1. The molecular weight excluding hydrogens is 332 g/mol. The Bertz CT molecular complexity index is 973. The molecule has 0 saturated carbocycles. The minimum Gasteiger partial charge on any atom is -0.451 e. The molecule has 1 aromatic heterocycles. The molecule has 3 rings (SSSR count). The molecule has 0 aliphatic heterocycles. The summed E-state index contributed by atoms with van der Waals surface area (Å²) in [7, 11) is 0. The van der Waals surface area contributed by atoms with E-state index < -0.39 is 12.1 Å². The average molecular weight is 350 g/mol. The Morgan fingerprint density at radius 3 is 2.42 bits per heavy atom. The zero-order valence-corrected chi connectivity index (χ0v) is 14.4. The van der Waals surface area contributed by atoms with Crippen molar-refractivity contribution in [3.8, 4) is 0 Å². The Labute approximate surface area is 150 Å². The highest BCUT2D eigenvalue weighted by molar-refractivity contribution is 6.10. The lowest BCUT2D eigenvalue weighted by molar-refractivity contribution is -0.114. The molecule has 1 amide bonds. The molecule has 132 valence electrons. The second-order valence-electron chi connectivity index (χ2n) is 5.92. The summed E-state index contributed by atoms with van der Waals surface area (Å²) in [5, 5.41) is 3.41. The number of carbonyl (C=O) groups is 3. The largest absolute Gasteiger partial charge is 0.451 e. The lowest BCUT2D eigenvalue weighted by atomic mass is 10.1. The maximum Gasteiger partial charge on any atom is 0.338 e. The first-order valence-electron chi connectivity index (χ1n) is 8.14. The molecule has 6 heteroatoms. The number of nitrogens with one attached hydrogen (secondary N) is 2. The topological polar surface area (TPSA) is 88.3 Å². The van der Waals surface area contributed by atoms with Crippen molar-refractivity contribution in [1.29, 1.82) is 0 Å². The number of carbonyl (C=O) groups excluding carboxylic acids is 3. The number of aromatic nitrogens is 1. The normalized spacial score (nSPS) is 11.8. The molecule has 2 aromatic carbocycles. The van der Waals surface area contributed by atoms with Gasteiger partial charge in [-0.05, 0) is 37.3 Å². The van der Waals surface area contributed by atoms with Gasteiger partial charge in [0.25, 0.3) is 0 Å². The number of anilines is 1. The zero-order chi connectivity index (χ0) is 18.7. The number of esters is 1. The van der Waals surface area contributed by atoms with Crippen molar-refractivity contribution in [2.75, 3.05) is 5.32 Å². The predicted octanol–water partition coefficient (Wildman–Crippen LogP) is 3.55. The van der Waals surface area contributed by atoms with E-state index in [0.29, 0.717) is 16.8 Å². The first-order chi connectivity index (χ1) is 12.5. The van der Waals surface area contributed by atoms with Gasteiger partial charge in [-0.25, -0.2) is 4.79 Å². The maximum atomic E-state index is 12.6. The van der Waals surface area contributed by atoms with Crippen molar-refractivity contribution in [3.05, 3.63) is 65.9 Å². The average Bonchev–Trinajstić information content (AvgIpc) is 3.05. The van der Waals surface area contributed by atoms with Crippen LogP contribution < -0.4 is 5.32 Å². The first kappa shape index (κ1) is 17.4. The summed E-state index contributed by atoms with van der Waals surface area (Å²) in [6, 6.07) is 13.7. The third kappa shape index (κ3) is 3.64. The van der Waals surface area contributed by atoms with Gasteiger partial charge in [0.1, 0.15) is 0 Å². The highest BCUT2D eigenvalue weighted by Crippen LogP contribution is 2.20. The summed E-state index contributed by atoms with van der Waals surface area (Å²) in [6.45, 7) is 2.95. The van der Waals surface area contributed by atoms with Crippen LogP contribution in [-0.4, -0.2) is 28.7 Å². The number of H-pyrrole nitrogens is 1. The van der Waals surface area contributed by atoms with Crippen LogP contribution in [0.2, 0.25) is 0 Å². The molecule has 0 saturated heterocycles. The van der Waals surface area contributed by atoms with E-state index in [-0.39, 0.29) is 11.7 Å². The molecule has 0 bridgehead atoms. The van der Waals surface area contributed by atoms with Crippen molar-refractivity contribution in [3.63, 3.8) is 0 Å². The molecular formula is C20H18N2O4. The summed E-state index contributed by atoms with van der Waals surface area (Å²) in [5.41, 5.74) is 2.22. The molecule has 2 N–H and O–H groups in total. The standard InChI is InChI=1S/C20H18N2O4/c1-12(19(24)17-11-21-18-6-4-3-5-16(17)18)26-20(25)14-7-9-15(10-8-14)22-13(2)23/h3-12,21H,1-2H3,(H,22,23)/t12-/m0/s1. The number of aromatic amines is 1. The van der Waals surface area contributed by atoms with Gasteiger partial charge in [-0.1, -0.05) is 18.2 Å². The van der Waals surface area contributed by atoms with Crippen LogP contribution in [0.4, 0.5) is 5.69 Å². The van der Waals surface area contributed by atoms with E-state index in [1.807, 2.05) is 24.3 Å². The van der Waals surface area contributed by atoms with Gasteiger partial charge in [-0.15, -0.1) is 0 Å². The monoisotopic (exact) mass is 350 g/mol. The second kappa shape index (κ2) is 7.23. The molecule has 1 heterocycles. The Morgan fingerprint density at radius 1 is 1.04 bits per heavy atom. The van der Waals surface area contributed by atoms with Crippen LogP contribution in [0.3, 0.4) is 0 Å². The van der Waals surface area contributed by atoms with Crippen molar-refractivity contribution in [2.24, 2.45) is 0 Å². The van der Waals surface area contributed by atoms with Crippen LogP contribution in [0.1, 0.15) is 34.6 Å². The van der Waals surface area contributed by atoms with Gasteiger partial charge in [0.15, 0.2) is 6.10 Å². The van der Waals surface area contributed by atoms with Gasteiger partial charge in [-0.2, -0.15) is 0 Å². The Hall–Kier alpha value is -3.41. The number of rotatable bonds is 5. The summed E-state index contributed by atoms with van der Waals surface area (Å²) in [4.78, 5) is 38.9. The molecule has 0 aliphatic carbocycles. The number of benzene rings is 2. The Morgan fingerprint density at radius 2 is 1.73 bits per heavy atom. The van der Waals surface area contributed by atoms with Crippen LogP contribution in [0, 0.1) is 0 Å². The highest BCUT2D eigenvalue weighted by atomic mass is 16.5. The molecule has 3 aromatic rings. The lowest BCUT2D eigenvalue weighted by Crippen LogP contribution is -2.24. The lowest BCUT2D eigenvalue weighted by Gasteiger charge is -2.12.